The highest BCUT2D eigenvalue weighted by atomic mass is 35.5. The lowest BCUT2D eigenvalue weighted by Crippen LogP contribution is -2.55. The van der Waals surface area contributed by atoms with Crippen molar-refractivity contribution in [2.75, 3.05) is 24.6 Å². The van der Waals surface area contributed by atoms with Crippen molar-refractivity contribution in [3.8, 4) is 0 Å². The van der Waals surface area contributed by atoms with E-state index in [0.717, 1.165) is 10.6 Å². The van der Waals surface area contributed by atoms with Gasteiger partial charge in [-0.3, -0.25) is 4.79 Å². The number of ether oxygens (including phenoxy) is 1. The average Bonchev–Trinajstić information content (AvgIpc) is 3.33. The first kappa shape index (κ1) is 22.5. The quantitative estimate of drug-likeness (QED) is 0.559. The van der Waals surface area contributed by atoms with Crippen molar-refractivity contribution >= 4 is 39.9 Å². The van der Waals surface area contributed by atoms with Gasteiger partial charge in [0, 0.05) is 24.6 Å². The van der Waals surface area contributed by atoms with Crippen LogP contribution >= 0.6 is 22.9 Å². The van der Waals surface area contributed by atoms with Crippen LogP contribution in [-0.4, -0.2) is 63.8 Å². The van der Waals surface area contributed by atoms with Crippen LogP contribution in [0.25, 0.3) is 0 Å². The summed E-state index contributed by atoms with van der Waals surface area (Å²) in [7, 11) is 0. The van der Waals surface area contributed by atoms with E-state index in [2.05, 4.69) is 20.3 Å². The number of rotatable bonds is 8. The molecule has 2 unspecified atom stereocenters. The van der Waals surface area contributed by atoms with Gasteiger partial charge in [0.25, 0.3) is 5.91 Å². The highest BCUT2D eigenvalue weighted by molar-refractivity contribution is 7.15. The van der Waals surface area contributed by atoms with E-state index in [9.17, 15) is 14.7 Å². The maximum Gasteiger partial charge on any atom is 0.355 e. The summed E-state index contributed by atoms with van der Waals surface area (Å²) >= 11 is 7.44. The van der Waals surface area contributed by atoms with Gasteiger partial charge in [0.05, 0.1) is 17.8 Å². The fraction of sp³-hybridized carbons (Fsp3) is 0.579. The van der Waals surface area contributed by atoms with E-state index < -0.39 is 5.97 Å². The maximum atomic E-state index is 12.6. The molecule has 0 radical (unpaired) electrons. The number of aromatic carboxylic acids is 1. The molecule has 30 heavy (non-hydrogen) atoms. The van der Waals surface area contributed by atoms with E-state index in [-0.39, 0.29) is 29.6 Å². The van der Waals surface area contributed by atoms with E-state index >= 15 is 0 Å². The van der Waals surface area contributed by atoms with Gasteiger partial charge in [0.2, 0.25) is 0 Å². The predicted octanol–water partition coefficient (Wildman–Crippen LogP) is 2.76. The van der Waals surface area contributed by atoms with Crippen LogP contribution < -0.4 is 10.2 Å². The number of aromatic nitrogens is 3. The summed E-state index contributed by atoms with van der Waals surface area (Å²) in [6.07, 6.45) is 1.65. The molecule has 2 aromatic heterocycles. The van der Waals surface area contributed by atoms with Crippen LogP contribution in [0.3, 0.4) is 0 Å². The number of piperidine rings is 1. The van der Waals surface area contributed by atoms with Crippen LogP contribution in [-0.2, 0) is 17.6 Å². The Hall–Kier alpha value is -2.17. The molecular weight excluding hydrogens is 430 g/mol. The third-order valence-electron chi connectivity index (χ3n) is 5.03. The molecule has 164 valence electrons. The van der Waals surface area contributed by atoms with Crippen molar-refractivity contribution in [3.63, 3.8) is 0 Å². The number of amides is 1. The fourth-order valence-electron chi connectivity index (χ4n) is 3.49. The van der Waals surface area contributed by atoms with Crippen molar-refractivity contribution in [3.05, 3.63) is 27.2 Å². The number of carbonyl (C=O) groups is 2. The van der Waals surface area contributed by atoms with Crippen LogP contribution in [0.1, 0.15) is 58.9 Å². The zero-order valence-corrected chi connectivity index (χ0v) is 18.8. The van der Waals surface area contributed by atoms with Gasteiger partial charge in [-0.05, 0) is 26.2 Å². The molecule has 3 N–H and O–H groups in total. The zero-order valence-electron chi connectivity index (χ0n) is 17.2. The second kappa shape index (κ2) is 9.76. The maximum absolute atomic E-state index is 12.6. The highest BCUT2D eigenvalue weighted by Gasteiger charge is 2.33. The number of carboxylic acids is 1. The summed E-state index contributed by atoms with van der Waals surface area (Å²) in [4.78, 5) is 38.2. The number of H-pyrrole nitrogens is 1. The van der Waals surface area contributed by atoms with Gasteiger partial charge in [-0.1, -0.05) is 25.4 Å². The van der Waals surface area contributed by atoms with E-state index in [1.54, 1.807) is 0 Å². The Labute approximate surface area is 183 Å². The first-order valence-corrected chi connectivity index (χ1v) is 11.2. The molecule has 1 aliphatic rings. The second-order valence-electron chi connectivity index (χ2n) is 6.94. The lowest BCUT2D eigenvalue weighted by molar-refractivity contribution is 0.0271. The number of hydrogen-bond donors (Lipinski definition) is 3. The van der Waals surface area contributed by atoms with Gasteiger partial charge in [0.15, 0.2) is 21.8 Å². The molecule has 2 aromatic rings. The number of nitrogens with one attached hydrogen (secondary N) is 2. The van der Waals surface area contributed by atoms with Crippen LogP contribution in [0.15, 0.2) is 0 Å². The molecule has 9 nitrogen and oxygen atoms in total. The Morgan fingerprint density at radius 2 is 2.10 bits per heavy atom. The minimum Gasteiger partial charge on any atom is -0.476 e. The summed E-state index contributed by atoms with van der Waals surface area (Å²) in [6.45, 7) is 7.38. The van der Waals surface area contributed by atoms with E-state index in [1.807, 2.05) is 25.7 Å². The summed E-state index contributed by atoms with van der Waals surface area (Å²) in [5.41, 5.74) is 0.838. The number of carbonyl (C=O) groups excluding carboxylic acids is 1. The standard InChI is InChI=1S/C19H26ClN5O4S/c1-4-10-15(20)24-16(21-10)17(26)22-11-7-8-25(9-12(11)29-6-3)19-23-14(18(27)28)13(5-2)30-19/h11-12H,4-9H2,1-3H3,(H,21,24)(H,22,26)(H,27,28). The number of imidazole rings is 1. The molecule has 2 atom stereocenters. The number of hydrogen-bond acceptors (Lipinski definition) is 7. The van der Waals surface area contributed by atoms with Gasteiger partial charge in [-0.25, -0.2) is 14.8 Å². The summed E-state index contributed by atoms with van der Waals surface area (Å²) in [5.74, 6) is -1.15. The Morgan fingerprint density at radius 3 is 2.67 bits per heavy atom. The fourth-order valence-corrected chi connectivity index (χ4v) is 4.78. The molecule has 3 rings (SSSR count). The molecule has 0 bridgehead atoms. The van der Waals surface area contributed by atoms with Crippen molar-refractivity contribution < 1.29 is 19.4 Å². The molecule has 11 heteroatoms. The molecule has 1 saturated heterocycles. The van der Waals surface area contributed by atoms with Crippen molar-refractivity contribution in [1.82, 2.24) is 20.3 Å². The highest BCUT2D eigenvalue weighted by Crippen LogP contribution is 2.30. The Kier molecular flexibility index (Phi) is 7.32. The van der Waals surface area contributed by atoms with Crippen LogP contribution in [0.2, 0.25) is 5.15 Å². The number of halogens is 1. The van der Waals surface area contributed by atoms with Gasteiger partial charge in [-0.15, -0.1) is 11.3 Å². The van der Waals surface area contributed by atoms with Crippen LogP contribution in [0.5, 0.6) is 0 Å². The first-order valence-electron chi connectivity index (χ1n) is 10.0. The largest absolute Gasteiger partial charge is 0.476 e. The topological polar surface area (TPSA) is 120 Å². The first-order chi connectivity index (χ1) is 14.4. The van der Waals surface area contributed by atoms with Crippen LogP contribution in [0, 0.1) is 0 Å². The van der Waals surface area contributed by atoms with E-state index in [1.165, 1.54) is 11.3 Å². The molecule has 0 saturated carbocycles. The predicted molar refractivity (Wildman–Crippen MR) is 115 cm³/mol. The zero-order chi connectivity index (χ0) is 21.8. The minimum atomic E-state index is -1.01. The van der Waals surface area contributed by atoms with Crippen molar-refractivity contribution in [2.45, 2.75) is 52.2 Å². The minimum absolute atomic E-state index is 0.113. The third-order valence-corrected chi connectivity index (χ3v) is 6.61. The molecule has 3 heterocycles. The summed E-state index contributed by atoms with van der Waals surface area (Å²) < 4.78 is 5.89. The number of aromatic amines is 1. The number of nitrogens with zero attached hydrogens (tertiary/aromatic N) is 3. The number of anilines is 1. The summed E-state index contributed by atoms with van der Waals surface area (Å²) in [5, 5.41) is 13.3. The van der Waals surface area contributed by atoms with Crippen molar-refractivity contribution in [1.29, 1.82) is 0 Å². The lowest BCUT2D eigenvalue weighted by atomic mass is 10.0. The lowest BCUT2D eigenvalue weighted by Gasteiger charge is -2.38. The Bertz CT molecular complexity index is 915. The van der Waals surface area contributed by atoms with Crippen molar-refractivity contribution in [2.24, 2.45) is 0 Å². The smallest absolute Gasteiger partial charge is 0.355 e. The van der Waals surface area contributed by atoms with Gasteiger partial charge in [-0.2, -0.15) is 0 Å². The van der Waals surface area contributed by atoms with Gasteiger partial charge in [0.1, 0.15) is 0 Å². The Morgan fingerprint density at radius 1 is 1.33 bits per heavy atom. The monoisotopic (exact) mass is 455 g/mol. The molecule has 1 amide bonds. The average molecular weight is 456 g/mol. The third kappa shape index (κ3) is 4.76. The molecule has 0 aromatic carbocycles. The van der Waals surface area contributed by atoms with Gasteiger partial charge >= 0.3 is 5.97 Å². The normalized spacial score (nSPS) is 19.1. The number of carboxylic acid groups (broad SMARTS) is 1. The van der Waals surface area contributed by atoms with Gasteiger partial charge < -0.3 is 25.0 Å². The number of thiazole rings is 1. The summed E-state index contributed by atoms with van der Waals surface area (Å²) in [6, 6.07) is -0.202. The van der Waals surface area contributed by atoms with E-state index in [4.69, 9.17) is 16.3 Å². The van der Waals surface area contributed by atoms with E-state index in [0.29, 0.717) is 49.2 Å². The molecule has 1 aliphatic heterocycles. The molecule has 0 aliphatic carbocycles. The molecule has 1 fully saturated rings. The molecule has 0 spiro atoms. The molecular formula is C19H26ClN5O4S. The van der Waals surface area contributed by atoms with Crippen LogP contribution in [0.4, 0.5) is 5.13 Å². The second-order valence-corrected chi connectivity index (χ2v) is 8.36. The SMILES string of the molecule is CCOC1CN(c2nc(C(=O)O)c(CC)s2)CCC1NC(=O)c1nc(Cl)c(CC)[nH]1. The number of aryl methyl sites for hydroxylation is 2. The Balaban J connectivity index is 1.72.